The fourth-order valence-electron chi connectivity index (χ4n) is 14.2. The number of hydrogen-bond acceptors (Lipinski definition) is 12. The quantitative estimate of drug-likeness (QED) is 0.194. The highest BCUT2D eigenvalue weighted by Gasteiger charge is 2.88. The molecule has 0 atom stereocenters. The number of unbranched alkanes of at least 4 members (excludes halogenated alkanes) is 1. The fraction of sp³-hybridized carbons (Fsp3) is 1.00. The molecule has 0 radical (unpaired) electrons. The monoisotopic (exact) mass is 956 g/mol. The minimum atomic E-state index is -3.85. The Morgan fingerprint density at radius 2 is 0.441 bits per heavy atom. The van der Waals surface area contributed by atoms with Gasteiger partial charge in [-0.05, 0) is 96.3 Å². The predicted octanol–water partition coefficient (Wildman–Crippen LogP) is 11.2. The molecule has 0 amide bonds. The third-order valence-corrected chi connectivity index (χ3v) is 56.9. The molecule has 6 saturated heterocycles. The highest BCUT2D eigenvalue weighted by molar-refractivity contribution is 7.04. The van der Waals surface area contributed by atoms with E-state index in [0.29, 0.717) is 6.04 Å². The Bertz CT molecular complexity index is 1370. The molecule has 0 spiro atoms. The summed E-state index contributed by atoms with van der Waals surface area (Å²) in [5, 5.41) is 0. The van der Waals surface area contributed by atoms with Crippen LogP contribution in [0.25, 0.3) is 0 Å². The molecule has 20 heteroatoms. The summed E-state index contributed by atoms with van der Waals surface area (Å²) in [7, 11) is -30.7. The molecular weight excluding hydrogens is 885 g/mol. The molecule has 7 saturated carbocycles. The zero-order valence-corrected chi connectivity index (χ0v) is 43.9. The van der Waals surface area contributed by atoms with Gasteiger partial charge in [-0.1, -0.05) is 103 Å². The first-order chi connectivity index (χ1) is 28.8. The zero-order valence-electron chi connectivity index (χ0n) is 35.9. The maximum atomic E-state index is 8.45. The predicted molar refractivity (Wildman–Crippen MR) is 234 cm³/mol. The Labute approximate surface area is 362 Å². The van der Waals surface area contributed by atoms with Crippen LogP contribution in [-0.4, -0.2) is 70.4 Å². The number of hydrogen-bond donors (Lipinski definition) is 0. The van der Waals surface area contributed by atoms with Crippen molar-refractivity contribution >= 4 is 70.4 Å². The van der Waals surface area contributed by atoms with Gasteiger partial charge >= 0.3 is 70.4 Å². The van der Waals surface area contributed by atoms with E-state index in [4.69, 9.17) is 49.4 Å². The smallest absolute Gasteiger partial charge is 0.373 e. The van der Waals surface area contributed by atoms with E-state index >= 15 is 0 Å². The summed E-state index contributed by atoms with van der Waals surface area (Å²) in [6, 6.07) is 0.664. The lowest BCUT2D eigenvalue weighted by Crippen LogP contribution is -2.90. The highest BCUT2D eigenvalue weighted by atomic mass is 28.6. The van der Waals surface area contributed by atoms with Gasteiger partial charge in [0.1, 0.15) is 0 Å². The van der Waals surface area contributed by atoms with Crippen molar-refractivity contribution in [3.8, 4) is 0 Å². The molecule has 59 heavy (non-hydrogen) atoms. The Hall–Kier alpha value is 1.26. The van der Waals surface area contributed by atoms with E-state index in [-0.39, 0.29) is 38.8 Å². The first-order valence-corrected chi connectivity index (χ1v) is 39.7. The third-order valence-electron chi connectivity index (χ3n) is 17.3. The van der Waals surface area contributed by atoms with Crippen LogP contribution in [-0.2, 0) is 49.4 Å². The SMILES string of the molecule is CCCC[Si]12O[Si]3(C4CCCC4)O[Si]4(C5CCCC5)O[Si](C5CCCC5)(O1)O[Si]1(C5CCCC5)O[Si](C5CCCC5)(O2)O[Si](C2CCCC2)(O3)O[Si](C2CCCC2)(O4)O1. The molecule has 13 aliphatic rings. The summed E-state index contributed by atoms with van der Waals surface area (Å²) >= 11 is 0. The van der Waals surface area contributed by atoms with E-state index in [1.807, 2.05) is 0 Å². The molecule has 7 aliphatic carbocycles. The fourth-order valence-corrected chi connectivity index (χ4v) is 70.5. The largest absolute Gasteiger partial charge is 0.482 e. The zero-order chi connectivity index (χ0) is 39.4. The van der Waals surface area contributed by atoms with E-state index in [9.17, 15) is 0 Å². The second-order valence-electron chi connectivity index (χ2n) is 21.1. The molecule has 6 heterocycles. The second-order valence-corrected chi connectivity index (χ2v) is 46.9. The average molecular weight is 958 g/mol. The van der Waals surface area contributed by atoms with Crippen molar-refractivity contribution in [3.05, 3.63) is 0 Å². The summed E-state index contributed by atoms with van der Waals surface area (Å²) < 4.78 is 101. The van der Waals surface area contributed by atoms with E-state index in [0.717, 1.165) is 193 Å². The van der Waals surface area contributed by atoms with Crippen molar-refractivity contribution in [3.63, 3.8) is 0 Å². The van der Waals surface area contributed by atoms with Gasteiger partial charge in [0.05, 0.1) is 0 Å². The van der Waals surface area contributed by atoms with Crippen LogP contribution >= 0.6 is 0 Å². The standard InChI is InChI=1S/C39H72O12Si8/c1-2-3-32-52-40-53(33-18-4-5-19-33)43-56(36-24-10-11-25-36)45-54(41-52,34-20-6-7-21-34)47-58(38-28-14-15-29-38)48-55(42-52,35-22-8-9-23-35)46-57(44-53,37-26-12-13-27-37)50-59(49-56,51-58)39-30-16-17-31-39/h33-39H,2-32H2,1H3. The van der Waals surface area contributed by atoms with Crippen LogP contribution in [0.3, 0.4) is 0 Å². The number of rotatable bonds is 10. The van der Waals surface area contributed by atoms with Crippen LogP contribution in [0.5, 0.6) is 0 Å². The average Bonchev–Trinajstić information content (AvgIpc) is 4.07. The molecule has 0 aromatic heterocycles. The topological polar surface area (TPSA) is 111 Å². The highest BCUT2D eigenvalue weighted by Crippen LogP contribution is 2.66. The molecule has 0 N–H and O–H groups in total. The Morgan fingerprint density at radius 1 is 0.271 bits per heavy atom. The lowest BCUT2D eigenvalue weighted by molar-refractivity contribution is -0.0458. The van der Waals surface area contributed by atoms with Gasteiger partial charge in [0, 0.05) is 44.8 Å². The van der Waals surface area contributed by atoms with Crippen molar-refractivity contribution < 1.29 is 49.4 Å². The summed E-state index contributed by atoms with van der Waals surface area (Å²) in [6.45, 7) is 2.27. The molecular formula is C39H72O12Si8. The van der Waals surface area contributed by atoms with E-state index < -0.39 is 70.4 Å². The lowest BCUT2D eigenvalue weighted by atomic mass is 10.4. The van der Waals surface area contributed by atoms with Crippen LogP contribution in [0.15, 0.2) is 0 Å². The maximum Gasteiger partial charge on any atom is 0.482 e. The third kappa shape index (κ3) is 6.78. The molecule has 6 aliphatic heterocycles. The summed E-state index contributed by atoms with van der Waals surface area (Å²) in [4.78, 5) is 0. The lowest BCUT2D eigenvalue weighted by Gasteiger charge is -2.66. The second kappa shape index (κ2) is 15.7. The van der Waals surface area contributed by atoms with Crippen LogP contribution < -0.4 is 0 Å². The van der Waals surface area contributed by atoms with Gasteiger partial charge in [-0.2, -0.15) is 0 Å². The van der Waals surface area contributed by atoms with Crippen LogP contribution in [0.1, 0.15) is 200 Å². The summed E-state index contributed by atoms with van der Waals surface area (Å²) in [5.74, 6) is 0. The van der Waals surface area contributed by atoms with E-state index in [1.165, 1.54) is 0 Å². The van der Waals surface area contributed by atoms with Gasteiger partial charge in [0.2, 0.25) is 0 Å². The summed E-state index contributed by atoms with van der Waals surface area (Å²) in [5.41, 5.74) is 0.643. The molecule has 13 rings (SSSR count). The molecule has 0 aromatic carbocycles. The summed E-state index contributed by atoms with van der Waals surface area (Å²) in [6.07, 6.45) is 31.8. The molecule has 0 unspecified atom stereocenters. The minimum absolute atomic E-state index is 0.0895. The van der Waals surface area contributed by atoms with Gasteiger partial charge in [-0.25, -0.2) is 0 Å². The van der Waals surface area contributed by atoms with Crippen molar-refractivity contribution in [1.82, 2.24) is 0 Å². The van der Waals surface area contributed by atoms with Crippen LogP contribution in [0.2, 0.25) is 44.8 Å². The van der Waals surface area contributed by atoms with Gasteiger partial charge in [-0.3, -0.25) is 0 Å². The van der Waals surface area contributed by atoms with Gasteiger partial charge < -0.3 is 49.4 Å². The van der Waals surface area contributed by atoms with Crippen molar-refractivity contribution in [1.29, 1.82) is 0 Å². The first-order valence-electron chi connectivity index (χ1n) is 25.2. The molecule has 0 aromatic rings. The van der Waals surface area contributed by atoms with Crippen molar-refractivity contribution in [2.45, 2.75) is 244 Å². The van der Waals surface area contributed by atoms with E-state index in [1.54, 1.807) is 0 Å². The Morgan fingerprint density at radius 3 is 0.610 bits per heavy atom. The van der Waals surface area contributed by atoms with Crippen LogP contribution in [0.4, 0.5) is 0 Å². The van der Waals surface area contributed by atoms with Crippen LogP contribution in [0, 0.1) is 0 Å². The molecule has 8 bridgehead atoms. The molecule has 12 nitrogen and oxygen atoms in total. The minimum Gasteiger partial charge on any atom is -0.373 e. The van der Waals surface area contributed by atoms with Crippen molar-refractivity contribution in [2.24, 2.45) is 0 Å². The first kappa shape index (κ1) is 41.7. The van der Waals surface area contributed by atoms with E-state index in [2.05, 4.69) is 6.92 Å². The van der Waals surface area contributed by atoms with Gasteiger partial charge in [0.25, 0.3) is 0 Å². The molecule has 13 fully saturated rings. The van der Waals surface area contributed by atoms with Gasteiger partial charge in [0.15, 0.2) is 0 Å². The van der Waals surface area contributed by atoms with Crippen molar-refractivity contribution in [2.75, 3.05) is 0 Å². The normalized spacial score (nSPS) is 49.4. The maximum absolute atomic E-state index is 8.45. The Balaban J connectivity index is 1.18. The Kier molecular flexibility index (Phi) is 11.1. The molecule has 332 valence electrons. The van der Waals surface area contributed by atoms with Gasteiger partial charge in [-0.15, -0.1) is 0 Å².